The molecule has 16 heavy (non-hydrogen) atoms. The number of pyridine rings is 1. The van der Waals surface area contributed by atoms with E-state index in [1.807, 2.05) is 6.20 Å². The summed E-state index contributed by atoms with van der Waals surface area (Å²) in [6.45, 7) is 3.40. The van der Waals surface area contributed by atoms with Crippen LogP contribution >= 0.6 is 15.9 Å². The first-order valence-corrected chi connectivity index (χ1v) is 6.63. The summed E-state index contributed by atoms with van der Waals surface area (Å²) >= 11 is 3.46. The normalized spacial score (nSPS) is 32.0. The topological polar surface area (TPSA) is 37.0 Å². The average molecular weight is 282 g/mol. The molecule has 0 aromatic carbocycles. The Bertz CT molecular complexity index is 421. The van der Waals surface area contributed by atoms with Gasteiger partial charge in [-0.1, -0.05) is 13.3 Å². The van der Waals surface area contributed by atoms with Gasteiger partial charge in [-0.2, -0.15) is 0 Å². The Morgan fingerprint density at radius 3 is 3.31 bits per heavy atom. The second-order valence-corrected chi connectivity index (χ2v) is 6.06. The van der Waals surface area contributed by atoms with Crippen LogP contribution in [0.2, 0.25) is 0 Å². The maximum atomic E-state index is 4.45. The zero-order valence-electron chi connectivity index (χ0n) is 9.39. The van der Waals surface area contributed by atoms with E-state index in [-0.39, 0.29) is 0 Å². The van der Waals surface area contributed by atoms with E-state index < -0.39 is 0 Å². The van der Waals surface area contributed by atoms with Crippen LogP contribution in [0, 0.1) is 5.41 Å². The molecule has 1 aliphatic carbocycles. The fourth-order valence-electron chi connectivity index (χ4n) is 2.84. The molecule has 86 valence electrons. The van der Waals surface area contributed by atoms with Gasteiger partial charge in [0.2, 0.25) is 0 Å². The Kier molecular flexibility index (Phi) is 2.35. The number of rotatable bonds is 0. The van der Waals surface area contributed by atoms with Crippen LogP contribution < -0.4 is 10.6 Å². The van der Waals surface area contributed by atoms with Crippen LogP contribution in [-0.2, 0) is 0 Å². The molecule has 0 amide bonds. The molecule has 2 atom stereocenters. The lowest BCUT2D eigenvalue weighted by molar-refractivity contribution is 0.335. The van der Waals surface area contributed by atoms with E-state index in [0.29, 0.717) is 11.5 Å². The number of anilines is 2. The third-order valence-corrected chi connectivity index (χ3v) is 4.36. The molecule has 2 aliphatic rings. The molecule has 4 heteroatoms. The molecule has 2 N–H and O–H groups in total. The van der Waals surface area contributed by atoms with E-state index >= 15 is 0 Å². The number of nitrogens with zero attached hydrogens (tertiary/aromatic N) is 1. The van der Waals surface area contributed by atoms with Crippen molar-refractivity contribution in [2.24, 2.45) is 5.41 Å². The summed E-state index contributed by atoms with van der Waals surface area (Å²) in [7, 11) is 0. The number of fused-ring (bicyclic) bond motifs is 2. The van der Waals surface area contributed by atoms with Gasteiger partial charge in [0.15, 0.2) is 0 Å². The predicted molar refractivity (Wildman–Crippen MR) is 69.8 cm³/mol. The Morgan fingerprint density at radius 2 is 2.44 bits per heavy atom. The molecule has 1 aromatic heterocycles. The lowest BCUT2D eigenvalue weighted by Crippen LogP contribution is -2.36. The molecule has 0 radical (unpaired) electrons. The predicted octanol–water partition coefficient (Wildman–Crippen LogP) is 3.24. The number of halogens is 1. The highest BCUT2D eigenvalue weighted by Crippen LogP contribution is 2.42. The van der Waals surface area contributed by atoms with E-state index in [0.717, 1.165) is 22.5 Å². The number of nitrogens with one attached hydrogen (secondary N) is 2. The fourth-order valence-corrected chi connectivity index (χ4v) is 3.17. The molecule has 1 fully saturated rings. The van der Waals surface area contributed by atoms with Crippen LogP contribution in [0.25, 0.3) is 0 Å². The molecule has 1 aliphatic heterocycles. The van der Waals surface area contributed by atoms with Crippen molar-refractivity contribution in [2.45, 2.75) is 32.2 Å². The van der Waals surface area contributed by atoms with Gasteiger partial charge in [-0.3, -0.25) is 0 Å². The first kappa shape index (κ1) is 10.4. The second-order valence-electron chi connectivity index (χ2n) is 5.15. The van der Waals surface area contributed by atoms with Crippen LogP contribution in [0.15, 0.2) is 16.7 Å². The van der Waals surface area contributed by atoms with Crippen LogP contribution in [-0.4, -0.2) is 17.6 Å². The summed E-state index contributed by atoms with van der Waals surface area (Å²) in [6.07, 6.45) is 5.73. The van der Waals surface area contributed by atoms with Gasteiger partial charge in [-0.15, -0.1) is 0 Å². The van der Waals surface area contributed by atoms with Gasteiger partial charge in [-0.25, -0.2) is 4.98 Å². The quantitative estimate of drug-likeness (QED) is 0.767. The van der Waals surface area contributed by atoms with Crippen molar-refractivity contribution >= 4 is 27.4 Å². The zero-order valence-corrected chi connectivity index (χ0v) is 11.0. The summed E-state index contributed by atoms with van der Waals surface area (Å²) in [5, 5.41) is 7.12. The van der Waals surface area contributed by atoms with E-state index in [1.165, 1.54) is 19.3 Å². The van der Waals surface area contributed by atoms with Crippen molar-refractivity contribution in [3.05, 3.63) is 16.7 Å². The third kappa shape index (κ3) is 1.59. The highest BCUT2D eigenvalue weighted by molar-refractivity contribution is 9.10. The van der Waals surface area contributed by atoms with Crippen molar-refractivity contribution in [2.75, 3.05) is 17.2 Å². The molecule has 0 spiro atoms. The molecule has 0 bridgehead atoms. The summed E-state index contributed by atoms with van der Waals surface area (Å²) in [5.41, 5.74) is 1.48. The van der Waals surface area contributed by atoms with Gasteiger partial charge in [0.25, 0.3) is 0 Å². The maximum absolute atomic E-state index is 4.45. The molecule has 1 saturated carbocycles. The fraction of sp³-hybridized carbons (Fsp3) is 0.583. The van der Waals surface area contributed by atoms with Crippen molar-refractivity contribution in [3.63, 3.8) is 0 Å². The molecule has 1 aromatic rings. The summed E-state index contributed by atoms with van der Waals surface area (Å²) in [4.78, 5) is 4.45. The van der Waals surface area contributed by atoms with Gasteiger partial charge >= 0.3 is 0 Å². The lowest BCUT2D eigenvalue weighted by Gasteiger charge is -2.29. The minimum absolute atomic E-state index is 0.368. The molecule has 2 heterocycles. The van der Waals surface area contributed by atoms with Crippen molar-refractivity contribution < 1.29 is 0 Å². The largest absolute Gasteiger partial charge is 0.381 e. The third-order valence-electron chi connectivity index (χ3n) is 3.93. The molecular weight excluding hydrogens is 266 g/mol. The molecule has 2 unspecified atom stereocenters. The van der Waals surface area contributed by atoms with Gasteiger partial charge in [0.1, 0.15) is 5.82 Å². The number of aromatic nitrogens is 1. The maximum Gasteiger partial charge on any atom is 0.149 e. The average Bonchev–Trinajstić information content (AvgIpc) is 2.55. The van der Waals surface area contributed by atoms with Crippen molar-refractivity contribution in [1.82, 2.24) is 4.98 Å². The minimum Gasteiger partial charge on any atom is -0.381 e. The Balaban J connectivity index is 1.97. The lowest BCUT2D eigenvalue weighted by atomic mass is 9.85. The SMILES string of the molecule is CC12CCCC1Nc1ncc(Br)cc1NC2. The monoisotopic (exact) mass is 281 g/mol. The molecular formula is C12H16BrN3. The Labute approximate surface area is 104 Å². The van der Waals surface area contributed by atoms with Gasteiger partial charge < -0.3 is 10.6 Å². The highest BCUT2D eigenvalue weighted by Gasteiger charge is 2.40. The number of hydrogen-bond donors (Lipinski definition) is 2. The van der Waals surface area contributed by atoms with Crippen LogP contribution in [0.4, 0.5) is 11.5 Å². The summed E-state index contributed by atoms with van der Waals surface area (Å²) in [6, 6.07) is 2.66. The standard InChI is InChI=1S/C12H16BrN3/c1-12-4-2-3-10(12)16-11-9(15-7-12)5-8(13)6-14-11/h5-6,10,15H,2-4,7H2,1H3,(H,14,16). The van der Waals surface area contributed by atoms with Crippen LogP contribution in [0.5, 0.6) is 0 Å². The second kappa shape index (κ2) is 3.62. The minimum atomic E-state index is 0.368. The van der Waals surface area contributed by atoms with Gasteiger partial charge in [-0.05, 0) is 34.8 Å². The molecule has 0 saturated heterocycles. The molecule has 3 nitrogen and oxygen atoms in total. The van der Waals surface area contributed by atoms with Crippen molar-refractivity contribution in [1.29, 1.82) is 0 Å². The first-order chi connectivity index (χ1) is 7.67. The first-order valence-electron chi connectivity index (χ1n) is 5.83. The van der Waals surface area contributed by atoms with Crippen LogP contribution in [0.3, 0.4) is 0 Å². The van der Waals surface area contributed by atoms with E-state index in [1.54, 1.807) is 0 Å². The highest BCUT2D eigenvalue weighted by atomic mass is 79.9. The smallest absolute Gasteiger partial charge is 0.149 e. The van der Waals surface area contributed by atoms with Gasteiger partial charge in [0.05, 0.1) is 5.69 Å². The summed E-state index contributed by atoms with van der Waals surface area (Å²) < 4.78 is 1.03. The Morgan fingerprint density at radius 1 is 1.56 bits per heavy atom. The summed E-state index contributed by atoms with van der Waals surface area (Å²) in [5.74, 6) is 0.999. The molecule has 3 rings (SSSR count). The van der Waals surface area contributed by atoms with Gasteiger partial charge in [0, 0.05) is 28.7 Å². The van der Waals surface area contributed by atoms with E-state index in [2.05, 4.69) is 44.5 Å². The van der Waals surface area contributed by atoms with Crippen LogP contribution in [0.1, 0.15) is 26.2 Å². The van der Waals surface area contributed by atoms with E-state index in [9.17, 15) is 0 Å². The Hall–Kier alpha value is -0.770. The zero-order chi connectivity index (χ0) is 11.2. The van der Waals surface area contributed by atoms with Crippen molar-refractivity contribution in [3.8, 4) is 0 Å². The number of hydrogen-bond acceptors (Lipinski definition) is 3. The van der Waals surface area contributed by atoms with E-state index in [4.69, 9.17) is 0 Å².